The zero-order chi connectivity index (χ0) is 17.5. The van der Waals surface area contributed by atoms with Gasteiger partial charge in [0.15, 0.2) is 0 Å². The van der Waals surface area contributed by atoms with Crippen LogP contribution in [-0.4, -0.2) is 36.5 Å². The Hall–Kier alpha value is -1.91. The summed E-state index contributed by atoms with van der Waals surface area (Å²) in [6.45, 7) is 2.54. The van der Waals surface area contributed by atoms with Crippen molar-refractivity contribution in [3.63, 3.8) is 0 Å². The van der Waals surface area contributed by atoms with E-state index >= 15 is 0 Å². The third kappa shape index (κ3) is 5.05. The van der Waals surface area contributed by atoms with Crippen LogP contribution in [0, 0.1) is 11.7 Å². The van der Waals surface area contributed by atoms with Crippen molar-refractivity contribution < 1.29 is 18.7 Å². The number of amides is 1. The van der Waals surface area contributed by atoms with E-state index in [2.05, 4.69) is 6.92 Å². The predicted octanol–water partition coefficient (Wildman–Crippen LogP) is 3.34. The van der Waals surface area contributed by atoms with Crippen molar-refractivity contribution in [1.82, 2.24) is 4.90 Å². The number of esters is 1. The van der Waals surface area contributed by atoms with Crippen LogP contribution in [-0.2, 0) is 20.7 Å². The predicted molar refractivity (Wildman–Crippen MR) is 89.9 cm³/mol. The highest BCUT2D eigenvalue weighted by atomic mass is 19.1. The number of halogens is 1. The lowest BCUT2D eigenvalue weighted by molar-refractivity contribution is -0.142. The fourth-order valence-electron chi connectivity index (χ4n) is 3.43. The van der Waals surface area contributed by atoms with Crippen molar-refractivity contribution >= 4 is 11.9 Å². The molecule has 5 heteroatoms. The van der Waals surface area contributed by atoms with E-state index in [0.717, 1.165) is 24.8 Å². The summed E-state index contributed by atoms with van der Waals surface area (Å²) < 4.78 is 17.7. The van der Waals surface area contributed by atoms with Crippen molar-refractivity contribution in [1.29, 1.82) is 0 Å². The first-order valence-corrected chi connectivity index (χ1v) is 8.62. The molecule has 132 valence electrons. The smallest absolute Gasteiger partial charge is 0.307 e. The zero-order valence-corrected chi connectivity index (χ0v) is 14.5. The second kappa shape index (κ2) is 8.81. The molecule has 1 amide bonds. The zero-order valence-electron chi connectivity index (χ0n) is 14.5. The van der Waals surface area contributed by atoms with Gasteiger partial charge in [-0.05, 0) is 36.5 Å². The Labute approximate surface area is 143 Å². The fourth-order valence-corrected chi connectivity index (χ4v) is 3.43. The fraction of sp³-hybridized carbons (Fsp3) is 0.579. The molecule has 24 heavy (non-hydrogen) atoms. The average molecular weight is 335 g/mol. The van der Waals surface area contributed by atoms with E-state index in [9.17, 15) is 14.0 Å². The highest BCUT2D eigenvalue weighted by Crippen LogP contribution is 2.28. The first kappa shape index (κ1) is 18.4. The van der Waals surface area contributed by atoms with E-state index in [1.54, 1.807) is 12.1 Å². The maximum absolute atomic E-state index is 13.0. The normalized spacial score (nSPS) is 20.5. The number of carbonyl (C=O) groups is 2. The molecule has 0 heterocycles. The quantitative estimate of drug-likeness (QED) is 0.749. The maximum atomic E-state index is 13.0. The molecular weight excluding hydrogens is 309 g/mol. The summed E-state index contributed by atoms with van der Waals surface area (Å²) in [6.07, 6.45) is 4.79. The van der Waals surface area contributed by atoms with Crippen LogP contribution in [0.1, 0.15) is 44.6 Å². The number of hydrogen-bond acceptors (Lipinski definition) is 3. The second-order valence-corrected chi connectivity index (χ2v) is 6.55. The van der Waals surface area contributed by atoms with E-state index in [1.807, 2.05) is 4.90 Å². The van der Waals surface area contributed by atoms with E-state index in [1.165, 1.54) is 25.7 Å². The molecule has 2 rings (SSSR count). The van der Waals surface area contributed by atoms with E-state index in [4.69, 9.17) is 4.74 Å². The number of hydrogen-bond donors (Lipinski definition) is 0. The lowest BCUT2D eigenvalue weighted by Gasteiger charge is -2.38. The summed E-state index contributed by atoms with van der Waals surface area (Å²) in [4.78, 5) is 26.2. The van der Waals surface area contributed by atoms with Gasteiger partial charge in [-0.1, -0.05) is 31.9 Å². The minimum absolute atomic E-state index is 0.00994. The monoisotopic (exact) mass is 335 g/mol. The molecule has 1 saturated carbocycles. The Morgan fingerprint density at radius 1 is 1.21 bits per heavy atom. The van der Waals surface area contributed by atoms with Crippen LogP contribution in [0.25, 0.3) is 0 Å². The molecule has 1 aromatic carbocycles. The molecule has 2 atom stereocenters. The molecule has 1 fully saturated rings. The Kier molecular flexibility index (Phi) is 6.76. The van der Waals surface area contributed by atoms with Crippen LogP contribution in [0.5, 0.6) is 0 Å². The van der Waals surface area contributed by atoms with E-state index < -0.39 is 0 Å². The largest absolute Gasteiger partial charge is 0.469 e. The summed E-state index contributed by atoms with van der Waals surface area (Å²) in [5, 5.41) is 0. The van der Waals surface area contributed by atoms with Crippen LogP contribution in [0.2, 0.25) is 0 Å². The van der Waals surface area contributed by atoms with Gasteiger partial charge >= 0.3 is 5.97 Å². The molecule has 0 saturated heterocycles. The van der Waals surface area contributed by atoms with Gasteiger partial charge in [-0.3, -0.25) is 9.59 Å². The van der Waals surface area contributed by atoms with Gasteiger partial charge in [0.05, 0.1) is 20.0 Å². The molecule has 0 spiro atoms. The van der Waals surface area contributed by atoms with Gasteiger partial charge in [0.25, 0.3) is 0 Å². The number of nitrogens with zero attached hydrogens (tertiary/aromatic N) is 1. The number of methoxy groups -OCH3 is 1. The number of carbonyl (C=O) groups excluding carboxylic acids is 2. The minimum atomic E-state index is -0.311. The minimum Gasteiger partial charge on any atom is -0.469 e. The molecule has 0 aromatic heterocycles. The van der Waals surface area contributed by atoms with Gasteiger partial charge in [0.1, 0.15) is 5.82 Å². The van der Waals surface area contributed by atoms with Gasteiger partial charge in [-0.15, -0.1) is 0 Å². The van der Waals surface area contributed by atoms with Crippen molar-refractivity contribution in [3.8, 4) is 0 Å². The van der Waals surface area contributed by atoms with Crippen molar-refractivity contribution in [2.75, 3.05) is 13.7 Å². The lowest BCUT2D eigenvalue weighted by atomic mass is 9.84. The molecule has 0 bridgehead atoms. The van der Waals surface area contributed by atoms with Crippen molar-refractivity contribution in [2.45, 2.75) is 51.5 Å². The SMILES string of the molecule is COC(=O)CCN(C(=O)Cc1ccc(F)cc1)C1CCCCC1C. The van der Waals surface area contributed by atoms with Crippen LogP contribution in [0.15, 0.2) is 24.3 Å². The molecular formula is C19H26FNO3. The molecule has 0 N–H and O–H groups in total. The van der Waals surface area contributed by atoms with Crippen LogP contribution in [0.4, 0.5) is 4.39 Å². The Morgan fingerprint density at radius 2 is 1.88 bits per heavy atom. The summed E-state index contributed by atoms with van der Waals surface area (Å²) in [5.74, 6) is -0.203. The second-order valence-electron chi connectivity index (χ2n) is 6.55. The molecule has 2 unspecified atom stereocenters. The summed E-state index contributed by atoms with van der Waals surface area (Å²) >= 11 is 0. The Bertz CT molecular complexity index is 558. The van der Waals surface area contributed by atoms with Crippen LogP contribution < -0.4 is 0 Å². The maximum Gasteiger partial charge on any atom is 0.307 e. The molecule has 0 aliphatic heterocycles. The van der Waals surface area contributed by atoms with Gasteiger partial charge < -0.3 is 9.64 Å². The van der Waals surface area contributed by atoms with Gasteiger partial charge in [-0.2, -0.15) is 0 Å². The van der Waals surface area contributed by atoms with Crippen LogP contribution in [0.3, 0.4) is 0 Å². The van der Waals surface area contributed by atoms with Gasteiger partial charge in [-0.25, -0.2) is 4.39 Å². The molecule has 1 aliphatic carbocycles. The summed E-state index contributed by atoms with van der Waals surface area (Å²) in [5.41, 5.74) is 0.785. The topological polar surface area (TPSA) is 46.6 Å². The average Bonchev–Trinajstić information content (AvgIpc) is 2.58. The third-order valence-electron chi connectivity index (χ3n) is 4.84. The van der Waals surface area contributed by atoms with E-state index in [-0.39, 0.29) is 36.6 Å². The number of rotatable bonds is 6. The van der Waals surface area contributed by atoms with Crippen LogP contribution >= 0.6 is 0 Å². The highest BCUT2D eigenvalue weighted by molar-refractivity contribution is 5.80. The van der Waals surface area contributed by atoms with E-state index in [0.29, 0.717) is 12.5 Å². The Morgan fingerprint density at radius 3 is 2.50 bits per heavy atom. The highest BCUT2D eigenvalue weighted by Gasteiger charge is 2.30. The number of ether oxygens (including phenoxy) is 1. The van der Waals surface area contributed by atoms with Gasteiger partial charge in [0.2, 0.25) is 5.91 Å². The Balaban J connectivity index is 2.08. The lowest BCUT2D eigenvalue weighted by Crippen LogP contribution is -2.46. The molecule has 0 radical (unpaired) electrons. The third-order valence-corrected chi connectivity index (χ3v) is 4.84. The molecule has 1 aromatic rings. The van der Waals surface area contributed by atoms with Crippen molar-refractivity contribution in [2.24, 2.45) is 5.92 Å². The standard InChI is InChI=1S/C19H26FNO3/c1-14-5-3-4-6-17(14)21(12-11-19(23)24-2)18(22)13-15-7-9-16(20)10-8-15/h7-10,14,17H,3-6,11-13H2,1-2H3. The first-order valence-electron chi connectivity index (χ1n) is 8.62. The summed E-state index contributed by atoms with van der Waals surface area (Å²) in [6, 6.07) is 6.16. The van der Waals surface area contributed by atoms with Crippen molar-refractivity contribution in [3.05, 3.63) is 35.6 Å². The first-order chi connectivity index (χ1) is 11.5. The molecule has 4 nitrogen and oxygen atoms in total. The van der Waals surface area contributed by atoms with Gasteiger partial charge in [0, 0.05) is 12.6 Å². The molecule has 1 aliphatic rings. The summed E-state index contributed by atoms with van der Waals surface area (Å²) in [7, 11) is 1.36. The number of benzene rings is 1.